The lowest BCUT2D eigenvalue weighted by molar-refractivity contribution is -0.137. The molecule has 0 unspecified atom stereocenters. The number of anilines is 1. The summed E-state index contributed by atoms with van der Waals surface area (Å²) in [5.41, 5.74) is 0.210. The van der Waals surface area contributed by atoms with Gasteiger partial charge in [0.1, 0.15) is 0 Å². The normalized spacial score (nSPS) is 16.7. The highest BCUT2D eigenvalue weighted by Crippen LogP contribution is 2.33. The van der Waals surface area contributed by atoms with Gasteiger partial charge in [0.05, 0.1) is 5.56 Å². The Labute approximate surface area is 112 Å². The highest BCUT2D eigenvalue weighted by Gasteiger charge is 2.30. The first kappa shape index (κ1) is 13.0. The fraction of sp³-hybridized carbons (Fsp3) is 0.500. The monoisotopic (exact) mass is 355 g/mol. The van der Waals surface area contributed by atoms with Crippen molar-refractivity contribution in [1.82, 2.24) is 0 Å². The average Bonchev–Trinajstić information content (AvgIpc) is 2.16. The van der Waals surface area contributed by atoms with Crippen LogP contribution in [0.25, 0.3) is 0 Å². The number of alkyl halides is 3. The lowest BCUT2D eigenvalue weighted by Crippen LogP contribution is -2.21. The predicted molar refractivity (Wildman–Crippen MR) is 70.0 cm³/mol. The van der Waals surface area contributed by atoms with Crippen molar-refractivity contribution in [1.29, 1.82) is 0 Å². The minimum atomic E-state index is -4.26. The van der Waals surface area contributed by atoms with Crippen LogP contribution in [0.5, 0.6) is 0 Å². The highest BCUT2D eigenvalue weighted by molar-refractivity contribution is 14.1. The van der Waals surface area contributed by atoms with Gasteiger partial charge in [-0.2, -0.15) is 13.2 Å². The molecule has 1 fully saturated rings. The van der Waals surface area contributed by atoms with Gasteiger partial charge in [-0.15, -0.1) is 0 Å². The Bertz CT molecular complexity index is 399. The van der Waals surface area contributed by atoms with Gasteiger partial charge >= 0.3 is 6.18 Å². The van der Waals surface area contributed by atoms with Crippen LogP contribution < -0.4 is 5.32 Å². The molecule has 0 heterocycles. The second kappa shape index (κ2) is 5.04. The molecule has 1 aromatic carbocycles. The number of nitrogens with one attached hydrogen (secondary N) is 1. The molecule has 1 N–H and O–H groups in total. The van der Waals surface area contributed by atoms with E-state index in [1.54, 1.807) is 0 Å². The van der Waals surface area contributed by atoms with E-state index in [-0.39, 0.29) is 0 Å². The van der Waals surface area contributed by atoms with Crippen LogP contribution in [0, 0.1) is 9.49 Å². The van der Waals surface area contributed by atoms with Gasteiger partial charge in [0.25, 0.3) is 0 Å². The minimum absolute atomic E-state index is 0.587. The zero-order valence-electron chi connectivity index (χ0n) is 9.15. The topological polar surface area (TPSA) is 12.0 Å². The molecule has 1 aromatic rings. The van der Waals surface area contributed by atoms with E-state index < -0.39 is 11.7 Å². The zero-order chi connectivity index (χ0) is 12.5. The number of benzene rings is 1. The summed E-state index contributed by atoms with van der Waals surface area (Å²) < 4.78 is 38.0. The third kappa shape index (κ3) is 3.26. The average molecular weight is 355 g/mol. The van der Waals surface area contributed by atoms with Crippen molar-refractivity contribution in [3.05, 3.63) is 27.3 Å². The van der Waals surface area contributed by atoms with Gasteiger partial charge < -0.3 is 5.32 Å². The van der Waals surface area contributed by atoms with Crippen molar-refractivity contribution in [2.45, 2.75) is 25.4 Å². The molecule has 0 saturated heterocycles. The summed E-state index contributed by atoms with van der Waals surface area (Å²) in [6, 6.07) is 3.83. The zero-order valence-corrected chi connectivity index (χ0v) is 11.3. The van der Waals surface area contributed by atoms with Crippen molar-refractivity contribution >= 4 is 28.3 Å². The lowest BCUT2D eigenvalue weighted by Gasteiger charge is -2.26. The van der Waals surface area contributed by atoms with Crippen LogP contribution in [-0.2, 0) is 6.18 Å². The van der Waals surface area contributed by atoms with Gasteiger partial charge in [-0.25, -0.2) is 0 Å². The summed E-state index contributed by atoms with van der Waals surface area (Å²) in [5, 5.41) is 3.22. The fourth-order valence-electron chi connectivity index (χ4n) is 1.79. The summed E-state index contributed by atoms with van der Waals surface area (Å²) in [5.74, 6) is 0.688. The summed E-state index contributed by atoms with van der Waals surface area (Å²) in [7, 11) is 0. The van der Waals surface area contributed by atoms with Gasteiger partial charge in [-0.1, -0.05) is 6.42 Å². The number of rotatable bonds is 3. The van der Waals surface area contributed by atoms with E-state index in [0.717, 1.165) is 18.3 Å². The SMILES string of the molecule is FC(F)(F)c1ccc(NCC2CCC2)c(I)c1. The molecule has 1 nitrogen and oxygen atoms in total. The molecule has 0 bridgehead atoms. The first-order valence-electron chi connectivity index (χ1n) is 5.57. The number of hydrogen-bond acceptors (Lipinski definition) is 1. The molecule has 94 valence electrons. The summed E-state index contributed by atoms with van der Waals surface area (Å²) in [6.07, 6.45) is -0.530. The molecule has 5 heteroatoms. The molecule has 0 radical (unpaired) electrons. The van der Waals surface area contributed by atoms with Crippen LogP contribution in [0.4, 0.5) is 18.9 Å². The van der Waals surface area contributed by atoms with E-state index in [4.69, 9.17) is 0 Å². The third-order valence-corrected chi connectivity index (χ3v) is 3.99. The van der Waals surface area contributed by atoms with Crippen molar-refractivity contribution in [2.24, 2.45) is 5.92 Å². The number of halogens is 4. The van der Waals surface area contributed by atoms with Gasteiger partial charge in [0.15, 0.2) is 0 Å². The fourth-order valence-corrected chi connectivity index (χ4v) is 2.49. The van der Waals surface area contributed by atoms with Gasteiger partial charge in [-0.05, 0) is 59.5 Å². The van der Waals surface area contributed by atoms with Crippen molar-refractivity contribution in [2.75, 3.05) is 11.9 Å². The van der Waals surface area contributed by atoms with Crippen LogP contribution in [-0.4, -0.2) is 6.54 Å². The Balaban J connectivity index is 2.03. The van der Waals surface area contributed by atoms with Crippen molar-refractivity contribution in [3.8, 4) is 0 Å². The van der Waals surface area contributed by atoms with E-state index in [9.17, 15) is 13.2 Å². The maximum atomic E-state index is 12.5. The molecule has 0 atom stereocenters. The second-order valence-corrected chi connectivity index (χ2v) is 5.53. The molecule has 0 amide bonds. The van der Waals surface area contributed by atoms with Crippen LogP contribution >= 0.6 is 22.6 Å². The second-order valence-electron chi connectivity index (χ2n) is 4.37. The first-order valence-corrected chi connectivity index (χ1v) is 6.65. The van der Waals surface area contributed by atoms with E-state index in [2.05, 4.69) is 5.32 Å². The quantitative estimate of drug-likeness (QED) is 0.786. The van der Waals surface area contributed by atoms with Gasteiger partial charge in [0, 0.05) is 15.8 Å². The summed E-state index contributed by atoms with van der Waals surface area (Å²) >= 11 is 1.94. The molecule has 2 rings (SSSR count). The molecular weight excluding hydrogens is 342 g/mol. The standard InChI is InChI=1S/C12H13F3IN/c13-12(14,15)9-4-5-11(10(16)6-9)17-7-8-2-1-3-8/h4-6,8,17H,1-3,7H2. The Morgan fingerprint density at radius 2 is 2.00 bits per heavy atom. The van der Waals surface area contributed by atoms with Crippen LogP contribution in [0.15, 0.2) is 18.2 Å². The van der Waals surface area contributed by atoms with Gasteiger partial charge in [0.2, 0.25) is 0 Å². The molecule has 0 spiro atoms. The Morgan fingerprint density at radius 1 is 1.29 bits per heavy atom. The molecule has 0 aliphatic heterocycles. The minimum Gasteiger partial charge on any atom is -0.384 e. The molecule has 1 aliphatic carbocycles. The highest BCUT2D eigenvalue weighted by atomic mass is 127. The summed E-state index contributed by atoms with van der Waals surface area (Å²) in [6.45, 7) is 0.862. The lowest BCUT2D eigenvalue weighted by atomic mass is 9.85. The van der Waals surface area contributed by atoms with E-state index >= 15 is 0 Å². The third-order valence-electron chi connectivity index (χ3n) is 3.10. The van der Waals surface area contributed by atoms with Crippen molar-refractivity contribution < 1.29 is 13.2 Å². The Hall–Kier alpha value is -0.460. The summed E-state index contributed by atoms with van der Waals surface area (Å²) in [4.78, 5) is 0. The van der Waals surface area contributed by atoms with Crippen LogP contribution in [0.2, 0.25) is 0 Å². The Morgan fingerprint density at radius 3 is 2.47 bits per heavy atom. The van der Waals surface area contributed by atoms with E-state index in [1.807, 2.05) is 22.6 Å². The first-order chi connectivity index (χ1) is 7.97. The largest absolute Gasteiger partial charge is 0.416 e. The smallest absolute Gasteiger partial charge is 0.384 e. The molecule has 1 aliphatic rings. The Kier molecular flexibility index (Phi) is 3.85. The van der Waals surface area contributed by atoms with Crippen LogP contribution in [0.1, 0.15) is 24.8 Å². The molecule has 1 saturated carbocycles. The van der Waals surface area contributed by atoms with Gasteiger partial charge in [-0.3, -0.25) is 0 Å². The van der Waals surface area contributed by atoms with Crippen molar-refractivity contribution in [3.63, 3.8) is 0 Å². The maximum absolute atomic E-state index is 12.5. The van der Waals surface area contributed by atoms with Crippen LogP contribution in [0.3, 0.4) is 0 Å². The molecule has 17 heavy (non-hydrogen) atoms. The predicted octanol–water partition coefficient (Wildman–Crippen LogP) is 4.52. The molecule has 0 aromatic heterocycles. The van der Waals surface area contributed by atoms with E-state index in [1.165, 1.54) is 31.4 Å². The number of hydrogen-bond donors (Lipinski definition) is 1. The molecular formula is C12H13F3IN. The maximum Gasteiger partial charge on any atom is 0.416 e. The van der Waals surface area contributed by atoms with E-state index in [0.29, 0.717) is 9.49 Å².